The average Bonchev–Trinajstić information content (AvgIpc) is 2.86. The normalized spacial score (nSPS) is 10.6. The molecule has 3 nitrogen and oxygen atoms in total. The molecule has 0 N–H and O–H groups in total. The molecule has 0 atom stereocenters. The molecule has 0 aliphatic rings. The molecule has 17 heavy (non-hydrogen) atoms. The van der Waals surface area contributed by atoms with Crippen molar-refractivity contribution >= 4 is 31.8 Å². The first-order valence-corrected chi connectivity index (χ1v) is 6.70. The molecule has 4 heteroatoms. The van der Waals surface area contributed by atoms with Crippen molar-refractivity contribution in [3.63, 3.8) is 0 Å². The Hall–Kier alpha value is -1.77. The summed E-state index contributed by atoms with van der Waals surface area (Å²) in [6, 6.07) is 14.8. The fraction of sp³-hybridized carbons (Fsp3) is 0. The van der Waals surface area contributed by atoms with Gasteiger partial charge in [-0.2, -0.15) is 0 Å². The van der Waals surface area contributed by atoms with Gasteiger partial charge in [0.25, 0.3) is 0 Å². The first-order valence-electron chi connectivity index (χ1n) is 5.17. The van der Waals surface area contributed by atoms with Crippen LogP contribution in [0.4, 0.5) is 0 Å². The summed E-state index contributed by atoms with van der Waals surface area (Å²) in [5, 5.41) is 0. The molecule has 2 aromatic carbocycles. The monoisotopic (exact) mass is 288 g/mol. The van der Waals surface area contributed by atoms with Crippen molar-refractivity contribution in [2.75, 3.05) is 0 Å². The van der Waals surface area contributed by atoms with Crippen LogP contribution in [0.25, 0.3) is 11.0 Å². The van der Waals surface area contributed by atoms with Crippen LogP contribution in [0.5, 0.6) is 0 Å². The Labute approximate surface area is 104 Å². The van der Waals surface area contributed by atoms with Crippen LogP contribution in [0.2, 0.25) is 0 Å². The summed E-state index contributed by atoms with van der Waals surface area (Å²) >= 11 is -0.0449. The summed E-state index contributed by atoms with van der Waals surface area (Å²) in [7, 11) is 0. The van der Waals surface area contributed by atoms with E-state index in [-0.39, 0.29) is 20.7 Å². The van der Waals surface area contributed by atoms with E-state index >= 15 is 0 Å². The number of fused-ring (bicyclic) bond motifs is 1. The van der Waals surface area contributed by atoms with E-state index in [2.05, 4.69) is 7.96 Å². The molecule has 0 unspecified atom stereocenters. The van der Waals surface area contributed by atoms with E-state index in [1.165, 1.54) is 0 Å². The van der Waals surface area contributed by atoms with Crippen LogP contribution < -0.4 is 0 Å². The molecule has 0 aliphatic heterocycles. The van der Waals surface area contributed by atoms with Gasteiger partial charge in [-0.05, 0) is 0 Å². The van der Waals surface area contributed by atoms with Crippen molar-refractivity contribution < 1.29 is 4.79 Å². The summed E-state index contributed by atoms with van der Waals surface area (Å²) in [4.78, 5) is 12.2. The zero-order valence-corrected chi connectivity index (χ0v) is 10.5. The van der Waals surface area contributed by atoms with Crippen LogP contribution in [-0.4, -0.2) is 28.7 Å². The van der Waals surface area contributed by atoms with Gasteiger partial charge in [0, 0.05) is 0 Å². The van der Waals surface area contributed by atoms with Gasteiger partial charge in [-0.3, -0.25) is 0 Å². The number of aromatic nitrogens is 2. The summed E-state index contributed by atoms with van der Waals surface area (Å²) in [6.07, 6.45) is 0. The Balaban J connectivity index is 2.06. The number of hydrogen-bond donors (Lipinski definition) is 0. The van der Waals surface area contributed by atoms with E-state index in [0.717, 1.165) is 11.0 Å². The third kappa shape index (κ3) is 1.93. The minimum absolute atomic E-state index is 0.0306. The second-order valence-electron chi connectivity index (χ2n) is 3.66. The van der Waals surface area contributed by atoms with Crippen molar-refractivity contribution in [3.05, 3.63) is 59.7 Å². The number of hydrogen-bond acceptors (Lipinski definition) is 3. The van der Waals surface area contributed by atoms with Crippen molar-refractivity contribution in [1.29, 1.82) is 0 Å². The molecular weight excluding hydrogens is 279 g/mol. The maximum atomic E-state index is 12.2. The fourth-order valence-electron chi connectivity index (χ4n) is 1.68. The van der Waals surface area contributed by atoms with Crippen molar-refractivity contribution in [2.45, 2.75) is 0 Å². The van der Waals surface area contributed by atoms with Crippen molar-refractivity contribution in [3.8, 4) is 0 Å². The van der Waals surface area contributed by atoms with Gasteiger partial charge in [0.15, 0.2) is 0 Å². The quantitative estimate of drug-likeness (QED) is 0.534. The molecule has 3 aromatic rings. The Morgan fingerprint density at radius 1 is 0.882 bits per heavy atom. The Morgan fingerprint density at radius 3 is 2.47 bits per heavy atom. The number of carbonyl (C=O) groups excluding carboxylic acids is 1. The SMILES string of the molecule is O=C(c1ccccc1)c1ccc2n[se]nc2c1. The molecule has 0 aliphatic carbocycles. The first-order chi connectivity index (χ1) is 8.34. The number of nitrogens with zero attached hydrogens (tertiary/aromatic N) is 2. The summed E-state index contributed by atoms with van der Waals surface area (Å²) in [5.41, 5.74) is 3.11. The first kappa shape index (κ1) is 10.4. The zero-order valence-electron chi connectivity index (χ0n) is 8.83. The van der Waals surface area contributed by atoms with Gasteiger partial charge in [0.1, 0.15) is 0 Å². The molecule has 0 saturated carbocycles. The second kappa shape index (κ2) is 4.24. The Morgan fingerprint density at radius 2 is 1.65 bits per heavy atom. The summed E-state index contributed by atoms with van der Waals surface area (Å²) in [5.74, 6) is 0.0306. The number of carbonyl (C=O) groups is 1. The molecule has 0 radical (unpaired) electrons. The molecule has 0 saturated heterocycles. The minimum atomic E-state index is -0.0449. The van der Waals surface area contributed by atoms with E-state index in [9.17, 15) is 4.79 Å². The summed E-state index contributed by atoms with van der Waals surface area (Å²) in [6.45, 7) is 0. The average molecular weight is 287 g/mol. The van der Waals surface area contributed by atoms with Crippen molar-refractivity contribution in [1.82, 2.24) is 7.96 Å². The van der Waals surface area contributed by atoms with Crippen molar-refractivity contribution in [2.24, 2.45) is 0 Å². The van der Waals surface area contributed by atoms with Gasteiger partial charge < -0.3 is 0 Å². The second-order valence-corrected chi connectivity index (χ2v) is 4.77. The number of rotatable bonds is 2. The Kier molecular flexibility index (Phi) is 2.59. The molecule has 0 fully saturated rings. The van der Waals surface area contributed by atoms with Gasteiger partial charge in [-0.15, -0.1) is 0 Å². The van der Waals surface area contributed by atoms with Gasteiger partial charge >= 0.3 is 104 Å². The molecule has 0 bridgehead atoms. The fourth-order valence-corrected chi connectivity index (χ4v) is 2.77. The van der Waals surface area contributed by atoms with Gasteiger partial charge in [-0.25, -0.2) is 0 Å². The molecule has 0 spiro atoms. The van der Waals surface area contributed by atoms with E-state index in [1.807, 2.05) is 48.5 Å². The van der Waals surface area contributed by atoms with Gasteiger partial charge in [0.05, 0.1) is 0 Å². The zero-order chi connectivity index (χ0) is 11.7. The van der Waals surface area contributed by atoms with Crippen LogP contribution in [0.1, 0.15) is 15.9 Å². The van der Waals surface area contributed by atoms with Crippen LogP contribution in [0, 0.1) is 0 Å². The standard InChI is InChI=1S/C13H8N2OSe/c16-13(9-4-2-1-3-5-9)10-6-7-11-12(8-10)15-17-14-11/h1-8H. The van der Waals surface area contributed by atoms with Crippen LogP contribution in [-0.2, 0) is 0 Å². The third-order valence-corrected chi connectivity index (χ3v) is 3.72. The van der Waals surface area contributed by atoms with Crippen LogP contribution in [0.15, 0.2) is 48.5 Å². The number of ketones is 1. The van der Waals surface area contributed by atoms with E-state index in [4.69, 9.17) is 0 Å². The predicted molar refractivity (Wildman–Crippen MR) is 66.4 cm³/mol. The topological polar surface area (TPSA) is 42.9 Å². The van der Waals surface area contributed by atoms with E-state index in [1.54, 1.807) is 0 Å². The number of benzene rings is 2. The molecule has 1 heterocycles. The third-order valence-electron chi connectivity index (χ3n) is 2.55. The molecule has 1 aromatic heterocycles. The van der Waals surface area contributed by atoms with E-state index < -0.39 is 0 Å². The molecule has 0 amide bonds. The van der Waals surface area contributed by atoms with Crippen LogP contribution in [0.3, 0.4) is 0 Å². The molecule has 3 rings (SSSR count). The molecule has 82 valence electrons. The predicted octanol–water partition coefficient (Wildman–Crippen LogP) is 1.92. The molecular formula is C13H8N2OSe. The Bertz CT molecular complexity index is 676. The van der Waals surface area contributed by atoms with Gasteiger partial charge in [0.2, 0.25) is 0 Å². The van der Waals surface area contributed by atoms with Crippen LogP contribution >= 0.6 is 0 Å². The van der Waals surface area contributed by atoms with E-state index in [0.29, 0.717) is 11.1 Å². The maximum absolute atomic E-state index is 12.2. The van der Waals surface area contributed by atoms with Gasteiger partial charge in [-0.1, -0.05) is 0 Å². The summed E-state index contributed by atoms with van der Waals surface area (Å²) < 4.78 is 8.54.